The number of aromatic nitrogens is 2. The number of fused-ring (bicyclic) bond motifs is 1. The first-order valence-corrected chi connectivity index (χ1v) is 10.3. The molecular weight excluding hydrogens is 338 g/mol. The molecule has 2 aromatic heterocycles. The van der Waals surface area contributed by atoms with E-state index in [0.29, 0.717) is 17.6 Å². The van der Waals surface area contributed by atoms with Crippen molar-refractivity contribution in [3.8, 4) is 0 Å². The predicted molar refractivity (Wildman–Crippen MR) is 102 cm³/mol. The van der Waals surface area contributed by atoms with Gasteiger partial charge in [-0.05, 0) is 44.6 Å². The number of nitrogens with zero attached hydrogens (tertiary/aromatic N) is 3. The minimum atomic E-state index is 0.229. The van der Waals surface area contributed by atoms with E-state index in [1.807, 2.05) is 11.8 Å². The van der Waals surface area contributed by atoms with E-state index in [-0.39, 0.29) is 5.91 Å². The van der Waals surface area contributed by atoms with Gasteiger partial charge in [-0.3, -0.25) is 4.79 Å². The molecule has 1 aliphatic heterocycles. The third-order valence-corrected chi connectivity index (χ3v) is 6.72. The van der Waals surface area contributed by atoms with Gasteiger partial charge in [0.05, 0.1) is 5.75 Å². The van der Waals surface area contributed by atoms with Crippen molar-refractivity contribution in [2.75, 3.05) is 18.8 Å². The summed E-state index contributed by atoms with van der Waals surface area (Å²) < 4.78 is 0. The van der Waals surface area contributed by atoms with Gasteiger partial charge in [0.1, 0.15) is 15.7 Å². The molecule has 0 bridgehead atoms. The lowest BCUT2D eigenvalue weighted by Gasteiger charge is -2.35. The molecule has 0 N–H and O–H groups in total. The number of hydrogen-bond donors (Lipinski definition) is 0. The van der Waals surface area contributed by atoms with Crippen LogP contribution in [0.5, 0.6) is 0 Å². The van der Waals surface area contributed by atoms with Crippen LogP contribution in [0, 0.1) is 32.6 Å². The molecule has 1 saturated heterocycles. The Morgan fingerprint density at radius 2 is 1.88 bits per heavy atom. The maximum absolute atomic E-state index is 12.6. The molecule has 2 atom stereocenters. The Hall–Kier alpha value is -1.14. The number of carbonyl (C=O) groups is 1. The van der Waals surface area contributed by atoms with Crippen molar-refractivity contribution < 1.29 is 4.79 Å². The highest BCUT2D eigenvalue weighted by Gasteiger charge is 2.25. The summed E-state index contributed by atoms with van der Waals surface area (Å²) in [6, 6.07) is 0. The summed E-state index contributed by atoms with van der Waals surface area (Å²) in [5.74, 6) is 2.65. The lowest BCUT2D eigenvalue weighted by Crippen LogP contribution is -2.43. The van der Waals surface area contributed by atoms with Crippen LogP contribution in [0.2, 0.25) is 0 Å². The molecule has 3 heterocycles. The van der Waals surface area contributed by atoms with Gasteiger partial charge in [0.2, 0.25) is 5.91 Å². The van der Waals surface area contributed by atoms with Crippen molar-refractivity contribution >= 4 is 39.2 Å². The fraction of sp³-hybridized carbons (Fsp3) is 0.611. The number of amides is 1. The van der Waals surface area contributed by atoms with Crippen molar-refractivity contribution in [3.05, 3.63) is 16.3 Å². The Kier molecular flexibility index (Phi) is 5.16. The molecule has 3 rings (SSSR count). The standard InChI is InChI=1S/C18H25N3OS2/c1-10-6-11(2)8-21(7-10)15(22)9-23-17-16-12(3)13(4)24-18(16)20-14(5)19-17/h10-11H,6-9H2,1-5H3/t10-,11-/m1/s1. The van der Waals surface area contributed by atoms with Crippen LogP contribution in [-0.4, -0.2) is 39.6 Å². The third-order valence-electron chi connectivity index (χ3n) is 4.66. The number of piperidine rings is 1. The van der Waals surface area contributed by atoms with Gasteiger partial charge in [0.15, 0.2) is 0 Å². The smallest absolute Gasteiger partial charge is 0.233 e. The van der Waals surface area contributed by atoms with Crippen LogP contribution in [0.4, 0.5) is 0 Å². The molecule has 1 fully saturated rings. The zero-order valence-corrected chi connectivity index (χ0v) is 16.7. The molecule has 0 aliphatic carbocycles. The highest BCUT2D eigenvalue weighted by molar-refractivity contribution is 8.00. The monoisotopic (exact) mass is 363 g/mol. The first kappa shape index (κ1) is 17.7. The van der Waals surface area contributed by atoms with E-state index in [1.165, 1.54) is 16.9 Å². The lowest BCUT2D eigenvalue weighted by molar-refractivity contribution is -0.130. The Morgan fingerprint density at radius 3 is 2.54 bits per heavy atom. The average Bonchev–Trinajstić information content (AvgIpc) is 2.78. The maximum Gasteiger partial charge on any atom is 0.233 e. The van der Waals surface area contributed by atoms with Crippen molar-refractivity contribution in [2.45, 2.75) is 46.1 Å². The highest BCUT2D eigenvalue weighted by Crippen LogP contribution is 2.35. The van der Waals surface area contributed by atoms with E-state index in [1.54, 1.807) is 23.1 Å². The van der Waals surface area contributed by atoms with Crippen LogP contribution >= 0.6 is 23.1 Å². The molecule has 24 heavy (non-hydrogen) atoms. The van der Waals surface area contributed by atoms with E-state index in [0.717, 1.165) is 34.2 Å². The topological polar surface area (TPSA) is 46.1 Å². The number of thioether (sulfide) groups is 1. The Morgan fingerprint density at radius 1 is 1.21 bits per heavy atom. The number of rotatable bonds is 3. The first-order valence-electron chi connectivity index (χ1n) is 8.50. The largest absolute Gasteiger partial charge is 0.341 e. The van der Waals surface area contributed by atoms with E-state index < -0.39 is 0 Å². The van der Waals surface area contributed by atoms with Crippen molar-refractivity contribution in [1.29, 1.82) is 0 Å². The maximum atomic E-state index is 12.6. The van der Waals surface area contributed by atoms with Crippen molar-refractivity contribution in [3.63, 3.8) is 0 Å². The molecule has 0 spiro atoms. The van der Waals surface area contributed by atoms with E-state index in [2.05, 4.69) is 37.7 Å². The van der Waals surface area contributed by atoms with Crippen LogP contribution in [0.15, 0.2) is 5.03 Å². The summed E-state index contributed by atoms with van der Waals surface area (Å²) in [7, 11) is 0. The van der Waals surface area contributed by atoms with Gasteiger partial charge in [-0.1, -0.05) is 25.6 Å². The van der Waals surface area contributed by atoms with Gasteiger partial charge >= 0.3 is 0 Å². The summed E-state index contributed by atoms with van der Waals surface area (Å²) in [6.45, 7) is 12.4. The fourth-order valence-electron chi connectivity index (χ4n) is 3.51. The molecule has 0 unspecified atom stereocenters. The molecule has 1 aliphatic rings. The highest BCUT2D eigenvalue weighted by atomic mass is 32.2. The quantitative estimate of drug-likeness (QED) is 0.605. The predicted octanol–water partition coefficient (Wildman–Crippen LogP) is 4.21. The Balaban J connectivity index is 1.77. The SMILES string of the molecule is Cc1nc(SCC(=O)N2C[C@H](C)C[C@@H](C)C2)c2c(C)c(C)sc2n1. The zero-order chi connectivity index (χ0) is 17.4. The summed E-state index contributed by atoms with van der Waals surface area (Å²) in [6.07, 6.45) is 1.22. The number of hydrogen-bond acceptors (Lipinski definition) is 5. The van der Waals surface area contributed by atoms with Crippen LogP contribution in [0.1, 0.15) is 36.5 Å². The molecule has 0 saturated carbocycles. The number of carbonyl (C=O) groups excluding carboxylic acids is 1. The van der Waals surface area contributed by atoms with Gasteiger partial charge in [-0.15, -0.1) is 11.3 Å². The third kappa shape index (κ3) is 3.59. The van der Waals surface area contributed by atoms with Crippen LogP contribution in [-0.2, 0) is 4.79 Å². The molecule has 6 heteroatoms. The van der Waals surface area contributed by atoms with Gasteiger partial charge in [-0.2, -0.15) is 0 Å². The van der Waals surface area contributed by atoms with Crippen LogP contribution in [0.3, 0.4) is 0 Å². The second-order valence-electron chi connectivity index (χ2n) is 7.07. The summed E-state index contributed by atoms with van der Waals surface area (Å²) in [4.78, 5) is 26.1. The number of aryl methyl sites for hydroxylation is 3. The normalized spacial score (nSPS) is 21.5. The van der Waals surface area contributed by atoms with E-state index >= 15 is 0 Å². The number of thiophene rings is 1. The van der Waals surface area contributed by atoms with Gasteiger partial charge in [0, 0.05) is 23.4 Å². The Labute approximate surface area is 152 Å². The molecule has 130 valence electrons. The molecule has 2 aromatic rings. The minimum absolute atomic E-state index is 0.229. The fourth-order valence-corrected chi connectivity index (χ4v) is 5.68. The molecule has 0 radical (unpaired) electrons. The summed E-state index contributed by atoms with van der Waals surface area (Å²) in [5, 5.41) is 2.08. The van der Waals surface area contributed by atoms with E-state index in [4.69, 9.17) is 0 Å². The minimum Gasteiger partial charge on any atom is -0.341 e. The second-order valence-corrected chi connectivity index (χ2v) is 9.24. The summed E-state index contributed by atoms with van der Waals surface area (Å²) >= 11 is 3.27. The Bertz CT molecular complexity index is 761. The molecule has 1 amide bonds. The molecule has 4 nitrogen and oxygen atoms in total. The lowest BCUT2D eigenvalue weighted by atomic mass is 9.92. The summed E-state index contributed by atoms with van der Waals surface area (Å²) in [5.41, 5.74) is 1.24. The van der Waals surface area contributed by atoms with E-state index in [9.17, 15) is 4.79 Å². The van der Waals surface area contributed by atoms with Gasteiger partial charge in [-0.25, -0.2) is 9.97 Å². The molecular formula is C18H25N3OS2. The first-order chi connectivity index (χ1) is 11.3. The van der Waals surface area contributed by atoms with Gasteiger partial charge in [0.25, 0.3) is 0 Å². The average molecular weight is 364 g/mol. The van der Waals surface area contributed by atoms with Gasteiger partial charge < -0.3 is 4.90 Å². The van der Waals surface area contributed by atoms with Crippen LogP contribution in [0.25, 0.3) is 10.2 Å². The van der Waals surface area contributed by atoms with Crippen molar-refractivity contribution in [2.24, 2.45) is 11.8 Å². The molecule has 0 aromatic carbocycles. The number of likely N-dealkylation sites (tertiary alicyclic amines) is 1. The zero-order valence-electron chi connectivity index (χ0n) is 15.0. The van der Waals surface area contributed by atoms with Crippen molar-refractivity contribution in [1.82, 2.24) is 14.9 Å². The van der Waals surface area contributed by atoms with Crippen LogP contribution < -0.4 is 0 Å². The second kappa shape index (κ2) is 7.00.